The summed E-state index contributed by atoms with van der Waals surface area (Å²) < 4.78 is 75.9. The molecule has 0 aliphatic carbocycles. The van der Waals surface area contributed by atoms with Gasteiger partial charge in [-0.3, -0.25) is 9.78 Å². The average molecular weight is 545 g/mol. The summed E-state index contributed by atoms with van der Waals surface area (Å²) in [6.45, 7) is -2.72. The standard InChI is InChI=1S/C27H23F3N2O5S/c28-20-6-10-25-19(15-20)16-26(37-25)38(34,35)32-13-1-2-23(32)24(33)9-3-17-11-12-31-22(14-17)18-4-7-21(8-5-18)36-27(29)30/h4-8,10-12,14-16,23,27H,1-3,9,13H2/t23-/m0/s1. The van der Waals surface area contributed by atoms with Gasteiger partial charge < -0.3 is 9.15 Å². The second-order valence-electron chi connectivity index (χ2n) is 8.94. The normalized spacial score (nSPS) is 16.4. The Labute approximate surface area is 216 Å². The van der Waals surface area contributed by atoms with Crippen LogP contribution in [0.15, 0.2) is 76.4 Å². The maximum Gasteiger partial charge on any atom is 0.387 e. The van der Waals surface area contributed by atoms with Gasteiger partial charge in [-0.2, -0.15) is 13.1 Å². The number of sulfonamides is 1. The lowest BCUT2D eigenvalue weighted by molar-refractivity contribution is -0.122. The van der Waals surface area contributed by atoms with Crippen LogP contribution in [0.2, 0.25) is 0 Å². The summed E-state index contributed by atoms with van der Waals surface area (Å²) >= 11 is 0. The lowest BCUT2D eigenvalue weighted by atomic mass is 10.0. The van der Waals surface area contributed by atoms with Crippen molar-refractivity contribution in [3.63, 3.8) is 0 Å². The van der Waals surface area contributed by atoms with Crippen LogP contribution in [-0.2, 0) is 21.2 Å². The zero-order valence-corrected chi connectivity index (χ0v) is 20.8. The summed E-state index contributed by atoms with van der Waals surface area (Å²) in [5.41, 5.74) is 2.36. The van der Waals surface area contributed by atoms with E-state index in [1.54, 1.807) is 30.5 Å². The monoisotopic (exact) mass is 544 g/mol. The molecule has 4 aromatic rings. The number of hydrogen-bond acceptors (Lipinski definition) is 6. The van der Waals surface area contributed by atoms with Crippen molar-refractivity contribution in [1.82, 2.24) is 9.29 Å². The molecule has 1 fully saturated rings. The van der Waals surface area contributed by atoms with Crippen LogP contribution in [0.5, 0.6) is 5.75 Å². The van der Waals surface area contributed by atoms with Crippen molar-refractivity contribution in [3.8, 4) is 17.0 Å². The third-order valence-corrected chi connectivity index (χ3v) is 8.22. The molecule has 0 bridgehead atoms. The van der Waals surface area contributed by atoms with Gasteiger partial charge in [0.1, 0.15) is 17.1 Å². The molecule has 3 heterocycles. The quantitative estimate of drug-likeness (QED) is 0.273. The first-order chi connectivity index (χ1) is 18.2. The Morgan fingerprint density at radius 2 is 1.89 bits per heavy atom. The first kappa shape index (κ1) is 25.9. The molecule has 0 amide bonds. The second kappa shape index (κ2) is 10.6. The molecule has 2 aromatic carbocycles. The molecule has 7 nitrogen and oxygen atoms in total. The van der Waals surface area contributed by atoms with Crippen molar-refractivity contribution in [2.75, 3.05) is 6.54 Å². The van der Waals surface area contributed by atoms with Gasteiger partial charge in [0, 0.05) is 36.2 Å². The number of halogens is 3. The fraction of sp³-hybridized carbons (Fsp3) is 0.259. The van der Waals surface area contributed by atoms with E-state index in [1.165, 1.54) is 40.7 Å². The van der Waals surface area contributed by atoms with Crippen molar-refractivity contribution >= 4 is 26.8 Å². The third-order valence-electron chi connectivity index (χ3n) is 6.45. The van der Waals surface area contributed by atoms with Crippen molar-refractivity contribution in [1.29, 1.82) is 0 Å². The minimum absolute atomic E-state index is 0.0383. The largest absolute Gasteiger partial charge is 0.443 e. The zero-order valence-electron chi connectivity index (χ0n) is 20.0. The van der Waals surface area contributed by atoms with E-state index in [4.69, 9.17) is 4.42 Å². The molecule has 0 spiro atoms. The van der Waals surface area contributed by atoms with Crippen molar-refractivity contribution in [2.45, 2.75) is 43.4 Å². The van der Waals surface area contributed by atoms with E-state index in [1.807, 2.05) is 0 Å². The molecule has 198 valence electrons. The average Bonchev–Trinajstić information content (AvgIpc) is 3.56. The van der Waals surface area contributed by atoms with Gasteiger partial charge in [-0.05, 0) is 79.4 Å². The van der Waals surface area contributed by atoms with Crippen LogP contribution in [0, 0.1) is 5.82 Å². The number of benzene rings is 2. The third kappa shape index (κ3) is 5.44. The Kier molecular flexibility index (Phi) is 7.22. The number of ether oxygens (including phenoxy) is 1. The van der Waals surface area contributed by atoms with Gasteiger partial charge in [0.05, 0.1) is 11.7 Å². The Balaban J connectivity index is 1.27. The summed E-state index contributed by atoms with van der Waals surface area (Å²) in [5, 5.41) is 0.0110. The van der Waals surface area contributed by atoms with E-state index in [0.29, 0.717) is 35.9 Å². The summed E-state index contributed by atoms with van der Waals surface area (Å²) in [5.74, 6) is -0.676. The van der Waals surface area contributed by atoms with Crippen LogP contribution in [0.3, 0.4) is 0 Å². The summed E-state index contributed by atoms with van der Waals surface area (Å²) in [4.78, 5) is 17.4. The number of rotatable bonds is 9. The van der Waals surface area contributed by atoms with Gasteiger partial charge in [-0.15, -0.1) is 0 Å². The Hall–Kier alpha value is -3.70. The molecule has 1 atom stereocenters. The van der Waals surface area contributed by atoms with Crippen LogP contribution in [0.4, 0.5) is 13.2 Å². The topological polar surface area (TPSA) is 89.7 Å². The number of furan rings is 1. The van der Waals surface area contributed by atoms with Gasteiger partial charge >= 0.3 is 6.61 Å². The number of ketones is 1. The van der Waals surface area contributed by atoms with Crippen molar-refractivity contribution in [3.05, 3.63) is 78.2 Å². The number of aryl methyl sites for hydroxylation is 1. The molecule has 0 unspecified atom stereocenters. The van der Waals surface area contributed by atoms with Crippen LogP contribution >= 0.6 is 0 Å². The van der Waals surface area contributed by atoms with Crippen LogP contribution in [-0.4, -0.2) is 42.7 Å². The molecule has 1 saturated heterocycles. The van der Waals surface area contributed by atoms with E-state index in [2.05, 4.69) is 9.72 Å². The minimum atomic E-state index is -4.09. The number of alkyl halides is 2. The van der Waals surface area contributed by atoms with Gasteiger partial charge in [-0.1, -0.05) is 0 Å². The molecule has 0 N–H and O–H groups in total. The van der Waals surface area contributed by atoms with Gasteiger partial charge in [-0.25, -0.2) is 12.8 Å². The van der Waals surface area contributed by atoms with Crippen LogP contribution in [0.25, 0.3) is 22.2 Å². The SMILES string of the molecule is O=C(CCc1ccnc(-c2ccc(OC(F)F)cc2)c1)[C@@H]1CCCN1S(=O)(=O)c1cc2cc(F)ccc2o1. The van der Waals surface area contributed by atoms with Gasteiger partial charge in [0.25, 0.3) is 10.0 Å². The maximum absolute atomic E-state index is 13.5. The van der Waals surface area contributed by atoms with Crippen molar-refractivity contribution < 1.29 is 35.5 Å². The molecule has 2 aromatic heterocycles. The molecule has 1 aliphatic heterocycles. The second-order valence-corrected chi connectivity index (χ2v) is 10.8. The highest BCUT2D eigenvalue weighted by molar-refractivity contribution is 7.89. The van der Waals surface area contributed by atoms with Crippen LogP contribution < -0.4 is 4.74 Å². The summed E-state index contributed by atoms with van der Waals surface area (Å²) in [7, 11) is -4.09. The number of pyridine rings is 1. The predicted molar refractivity (Wildman–Crippen MR) is 133 cm³/mol. The van der Waals surface area contributed by atoms with Crippen LogP contribution in [0.1, 0.15) is 24.8 Å². The fourth-order valence-electron chi connectivity index (χ4n) is 4.61. The van der Waals surface area contributed by atoms with Gasteiger partial charge in [0.2, 0.25) is 5.09 Å². The fourth-order valence-corrected chi connectivity index (χ4v) is 6.24. The summed E-state index contributed by atoms with van der Waals surface area (Å²) in [6.07, 6.45) is 3.02. The number of carbonyl (C=O) groups excluding carboxylic acids is 1. The lowest BCUT2D eigenvalue weighted by Crippen LogP contribution is -2.40. The van der Waals surface area contributed by atoms with E-state index >= 15 is 0 Å². The maximum atomic E-state index is 13.5. The molecule has 38 heavy (non-hydrogen) atoms. The van der Waals surface area contributed by atoms with E-state index < -0.39 is 28.5 Å². The highest BCUT2D eigenvalue weighted by atomic mass is 32.2. The molecule has 1 aliphatic rings. The van der Waals surface area contributed by atoms with Crippen molar-refractivity contribution in [2.24, 2.45) is 0 Å². The molecular weight excluding hydrogens is 521 g/mol. The molecule has 0 saturated carbocycles. The molecule has 5 rings (SSSR count). The number of aromatic nitrogens is 1. The van der Waals surface area contributed by atoms with E-state index in [0.717, 1.165) is 5.56 Å². The lowest BCUT2D eigenvalue weighted by Gasteiger charge is -2.21. The highest BCUT2D eigenvalue weighted by Gasteiger charge is 2.40. The Morgan fingerprint density at radius 3 is 2.66 bits per heavy atom. The zero-order chi connectivity index (χ0) is 26.9. The Bertz CT molecular complexity index is 1570. The Morgan fingerprint density at radius 1 is 1.11 bits per heavy atom. The van der Waals surface area contributed by atoms with Gasteiger partial charge in [0.15, 0.2) is 5.78 Å². The molecular formula is C27H23F3N2O5S. The number of nitrogens with zero attached hydrogens (tertiary/aromatic N) is 2. The highest BCUT2D eigenvalue weighted by Crippen LogP contribution is 2.31. The first-order valence-electron chi connectivity index (χ1n) is 11.9. The van der Waals surface area contributed by atoms with E-state index in [-0.39, 0.29) is 35.2 Å². The predicted octanol–water partition coefficient (Wildman–Crippen LogP) is 5.59. The number of hydrogen-bond donors (Lipinski definition) is 0. The number of carbonyl (C=O) groups is 1. The smallest absolute Gasteiger partial charge is 0.387 e. The minimum Gasteiger partial charge on any atom is -0.443 e. The number of fused-ring (bicyclic) bond motifs is 1. The molecule has 11 heteroatoms. The summed E-state index contributed by atoms with van der Waals surface area (Å²) in [6, 6.07) is 13.8. The molecule has 0 radical (unpaired) electrons. The first-order valence-corrected chi connectivity index (χ1v) is 13.4. The number of Topliss-reactive ketones (excluding diaryl/α,β-unsaturated/α-hetero) is 1. The van der Waals surface area contributed by atoms with E-state index in [9.17, 15) is 26.4 Å².